The highest BCUT2D eigenvalue weighted by Gasteiger charge is 2.35. The fourth-order valence-corrected chi connectivity index (χ4v) is 2.72. The molecule has 1 N–H and O–H groups in total. The summed E-state index contributed by atoms with van der Waals surface area (Å²) >= 11 is 0. The molecule has 0 saturated carbocycles. The molecule has 0 aromatic carbocycles. The van der Waals surface area contributed by atoms with Gasteiger partial charge < -0.3 is 5.11 Å². The maximum Gasteiger partial charge on any atom is 0.308 e. The van der Waals surface area contributed by atoms with Crippen molar-refractivity contribution in [2.75, 3.05) is 6.54 Å². The van der Waals surface area contributed by atoms with Crippen LogP contribution in [0.2, 0.25) is 0 Å². The zero-order valence-electron chi connectivity index (χ0n) is 10.7. The molecule has 2 atom stereocenters. The zero-order chi connectivity index (χ0) is 13.4. The number of nitrogens with zero attached hydrogens (tertiary/aromatic N) is 4. The Bertz CT molecular complexity index is 576. The Kier molecular flexibility index (Phi) is 2.94. The summed E-state index contributed by atoms with van der Waals surface area (Å²) in [5, 5.41) is 9.13. The summed E-state index contributed by atoms with van der Waals surface area (Å²) in [5.74, 6) is -0.291. The number of aromatic nitrogens is 3. The number of rotatable bonds is 3. The summed E-state index contributed by atoms with van der Waals surface area (Å²) in [6.45, 7) is 3.45. The van der Waals surface area contributed by atoms with Crippen molar-refractivity contribution < 1.29 is 9.90 Å². The zero-order valence-corrected chi connectivity index (χ0v) is 10.7. The van der Waals surface area contributed by atoms with Crippen molar-refractivity contribution in [1.29, 1.82) is 0 Å². The van der Waals surface area contributed by atoms with Gasteiger partial charge in [0, 0.05) is 31.2 Å². The molecule has 1 fully saturated rings. The van der Waals surface area contributed by atoms with Crippen molar-refractivity contribution in [1.82, 2.24) is 19.3 Å². The standard InChI is InChI=1S/C13H16N4O2/c1-9-11(12(18)19)3-6-16(9)7-10-8-17-5-2-4-14-13(17)15-10/h2,4-5,8-9,11H,3,6-7H2,1H3,(H,18,19). The van der Waals surface area contributed by atoms with Crippen LogP contribution in [-0.2, 0) is 11.3 Å². The first-order valence-corrected chi connectivity index (χ1v) is 6.40. The predicted octanol–water partition coefficient (Wildman–Crippen LogP) is 1.02. The van der Waals surface area contributed by atoms with E-state index in [0.29, 0.717) is 18.7 Å². The Morgan fingerprint density at radius 2 is 2.42 bits per heavy atom. The lowest BCUT2D eigenvalue weighted by atomic mass is 10.0. The van der Waals surface area contributed by atoms with Gasteiger partial charge in [-0.15, -0.1) is 0 Å². The molecule has 0 amide bonds. The Labute approximate surface area is 110 Å². The van der Waals surface area contributed by atoms with Crippen molar-refractivity contribution in [3.63, 3.8) is 0 Å². The summed E-state index contributed by atoms with van der Waals surface area (Å²) in [4.78, 5) is 21.9. The van der Waals surface area contributed by atoms with Gasteiger partial charge in [-0.3, -0.25) is 14.1 Å². The first-order chi connectivity index (χ1) is 9.15. The van der Waals surface area contributed by atoms with Crippen molar-refractivity contribution in [3.8, 4) is 0 Å². The van der Waals surface area contributed by atoms with Crippen LogP contribution in [0.1, 0.15) is 19.0 Å². The van der Waals surface area contributed by atoms with Crippen LogP contribution in [0.5, 0.6) is 0 Å². The number of fused-ring (bicyclic) bond motifs is 1. The highest BCUT2D eigenvalue weighted by atomic mass is 16.4. The molecule has 2 aromatic heterocycles. The monoisotopic (exact) mass is 260 g/mol. The molecule has 1 aliphatic rings. The van der Waals surface area contributed by atoms with E-state index >= 15 is 0 Å². The van der Waals surface area contributed by atoms with E-state index in [4.69, 9.17) is 5.11 Å². The average Bonchev–Trinajstić information content (AvgIpc) is 2.94. The molecule has 2 aromatic rings. The van der Waals surface area contributed by atoms with Crippen LogP contribution in [0.3, 0.4) is 0 Å². The third-order valence-corrected chi connectivity index (χ3v) is 3.85. The lowest BCUT2D eigenvalue weighted by Gasteiger charge is -2.21. The molecule has 0 aliphatic carbocycles. The number of carboxylic acids is 1. The molecule has 0 bridgehead atoms. The number of aliphatic carboxylic acids is 1. The summed E-state index contributed by atoms with van der Waals surface area (Å²) < 4.78 is 1.88. The molecule has 2 unspecified atom stereocenters. The van der Waals surface area contributed by atoms with Crippen LogP contribution in [-0.4, -0.2) is 42.9 Å². The summed E-state index contributed by atoms with van der Waals surface area (Å²) in [6.07, 6.45) is 6.28. The Morgan fingerprint density at radius 3 is 3.11 bits per heavy atom. The van der Waals surface area contributed by atoms with E-state index in [-0.39, 0.29) is 12.0 Å². The number of hydrogen-bond acceptors (Lipinski definition) is 4. The maximum atomic E-state index is 11.1. The SMILES string of the molecule is CC1C(C(=O)O)CCN1Cc1cn2cccnc2n1. The third kappa shape index (κ3) is 2.19. The largest absolute Gasteiger partial charge is 0.481 e. The van der Waals surface area contributed by atoms with Gasteiger partial charge in [-0.05, 0) is 26.0 Å². The predicted molar refractivity (Wildman–Crippen MR) is 68.6 cm³/mol. The van der Waals surface area contributed by atoms with Crippen LogP contribution in [0.25, 0.3) is 5.78 Å². The van der Waals surface area contributed by atoms with E-state index in [1.165, 1.54) is 0 Å². The molecular weight excluding hydrogens is 244 g/mol. The van der Waals surface area contributed by atoms with Gasteiger partial charge in [-0.25, -0.2) is 9.97 Å². The normalized spacial score (nSPS) is 24.1. The number of likely N-dealkylation sites (tertiary alicyclic amines) is 1. The topological polar surface area (TPSA) is 70.7 Å². The molecule has 3 heterocycles. The van der Waals surface area contributed by atoms with Crippen molar-refractivity contribution >= 4 is 11.7 Å². The minimum Gasteiger partial charge on any atom is -0.481 e. The number of carboxylic acid groups (broad SMARTS) is 1. The van der Waals surface area contributed by atoms with E-state index in [1.54, 1.807) is 6.20 Å². The first kappa shape index (κ1) is 12.1. The van der Waals surface area contributed by atoms with Gasteiger partial charge in [0.15, 0.2) is 0 Å². The van der Waals surface area contributed by atoms with E-state index < -0.39 is 5.97 Å². The second kappa shape index (κ2) is 4.62. The smallest absolute Gasteiger partial charge is 0.308 e. The fourth-order valence-electron chi connectivity index (χ4n) is 2.72. The molecule has 1 saturated heterocycles. The number of imidazole rings is 1. The lowest BCUT2D eigenvalue weighted by molar-refractivity contribution is -0.142. The molecule has 19 heavy (non-hydrogen) atoms. The van der Waals surface area contributed by atoms with Crippen molar-refractivity contribution in [3.05, 3.63) is 30.4 Å². The molecule has 0 spiro atoms. The van der Waals surface area contributed by atoms with Crippen molar-refractivity contribution in [2.24, 2.45) is 5.92 Å². The summed E-state index contributed by atoms with van der Waals surface area (Å²) in [6, 6.07) is 1.91. The minimum absolute atomic E-state index is 0.0512. The third-order valence-electron chi connectivity index (χ3n) is 3.85. The van der Waals surface area contributed by atoms with Crippen LogP contribution in [0.4, 0.5) is 0 Å². The van der Waals surface area contributed by atoms with Gasteiger partial charge in [0.25, 0.3) is 0 Å². The quantitative estimate of drug-likeness (QED) is 0.892. The summed E-state index contributed by atoms with van der Waals surface area (Å²) in [7, 11) is 0. The fraction of sp³-hybridized carbons (Fsp3) is 0.462. The molecule has 100 valence electrons. The average molecular weight is 260 g/mol. The van der Waals surface area contributed by atoms with Gasteiger partial charge in [0.1, 0.15) is 0 Å². The highest BCUT2D eigenvalue weighted by molar-refractivity contribution is 5.71. The van der Waals surface area contributed by atoms with Crippen molar-refractivity contribution in [2.45, 2.75) is 25.9 Å². The van der Waals surface area contributed by atoms with E-state index in [9.17, 15) is 4.79 Å². The van der Waals surface area contributed by atoms with Crippen LogP contribution < -0.4 is 0 Å². The van der Waals surface area contributed by atoms with Gasteiger partial charge >= 0.3 is 5.97 Å². The molecular formula is C13H16N4O2. The Morgan fingerprint density at radius 1 is 1.58 bits per heavy atom. The Balaban J connectivity index is 1.76. The van der Waals surface area contributed by atoms with Crippen LogP contribution in [0.15, 0.2) is 24.7 Å². The Hall–Kier alpha value is -1.95. The molecule has 6 nitrogen and oxygen atoms in total. The molecule has 1 aliphatic heterocycles. The lowest BCUT2D eigenvalue weighted by Crippen LogP contribution is -2.32. The van der Waals surface area contributed by atoms with Gasteiger partial charge in [-0.2, -0.15) is 0 Å². The van der Waals surface area contributed by atoms with Crippen LogP contribution >= 0.6 is 0 Å². The first-order valence-electron chi connectivity index (χ1n) is 6.40. The van der Waals surface area contributed by atoms with E-state index in [1.807, 2.05) is 29.8 Å². The molecule has 3 rings (SSSR count). The molecule has 0 radical (unpaired) electrons. The second-order valence-electron chi connectivity index (χ2n) is 5.00. The van der Waals surface area contributed by atoms with Gasteiger partial charge in [-0.1, -0.05) is 0 Å². The van der Waals surface area contributed by atoms with Gasteiger partial charge in [0.2, 0.25) is 5.78 Å². The second-order valence-corrected chi connectivity index (χ2v) is 5.00. The van der Waals surface area contributed by atoms with E-state index in [2.05, 4.69) is 14.9 Å². The van der Waals surface area contributed by atoms with Gasteiger partial charge in [0.05, 0.1) is 11.6 Å². The van der Waals surface area contributed by atoms with E-state index in [0.717, 1.165) is 12.2 Å². The highest BCUT2D eigenvalue weighted by Crippen LogP contribution is 2.25. The molecule has 6 heteroatoms. The van der Waals surface area contributed by atoms with Crippen LogP contribution in [0, 0.1) is 5.92 Å². The number of hydrogen-bond donors (Lipinski definition) is 1. The minimum atomic E-state index is -0.702. The maximum absolute atomic E-state index is 11.1. The number of carbonyl (C=O) groups is 1. The summed E-state index contributed by atoms with van der Waals surface area (Å²) in [5.41, 5.74) is 0.927.